The first-order valence-electron chi connectivity index (χ1n) is 6.42. The Morgan fingerprint density at radius 2 is 2.00 bits per heavy atom. The summed E-state index contributed by atoms with van der Waals surface area (Å²) in [6.07, 6.45) is 3.63. The van der Waals surface area contributed by atoms with E-state index in [1.54, 1.807) is 6.20 Å². The third-order valence-corrected chi connectivity index (χ3v) is 3.52. The Bertz CT molecular complexity index is 355. The Hall–Kier alpha value is -1.36. The highest BCUT2D eigenvalue weighted by molar-refractivity contribution is 5.40. The zero-order valence-electron chi connectivity index (χ0n) is 11.8. The van der Waals surface area contributed by atoms with Crippen LogP contribution in [0.5, 0.6) is 0 Å². The molecule has 0 unspecified atom stereocenters. The molecule has 1 rings (SSSR count). The standard InChI is InChI=1S/C13H24N4O/c1-5-13(6-2,10-18)9-15-11-7-8-14-12(16-11)17(3)4/h7-8,18H,5-6,9-10H2,1-4H3,(H,14,15,16). The van der Waals surface area contributed by atoms with Crippen molar-refractivity contribution in [2.75, 3.05) is 37.5 Å². The summed E-state index contributed by atoms with van der Waals surface area (Å²) in [4.78, 5) is 10.4. The number of anilines is 2. The monoisotopic (exact) mass is 252 g/mol. The zero-order valence-corrected chi connectivity index (χ0v) is 11.8. The molecule has 2 N–H and O–H groups in total. The van der Waals surface area contributed by atoms with Gasteiger partial charge in [-0.2, -0.15) is 4.98 Å². The summed E-state index contributed by atoms with van der Waals surface area (Å²) in [7, 11) is 3.82. The van der Waals surface area contributed by atoms with Crippen LogP contribution in [0, 0.1) is 5.41 Å². The van der Waals surface area contributed by atoms with Crippen LogP contribution in [0.2, 0.25) is 0 Å². The lowest BCUT2D eigenvalue weighted by atomic mass is 9.83. The maximum Gasteiger partial charge on any atom is 0.226 e. The number of nitrogens with one attached hydrogen (secondary N) is 1. The molecule has 5 nitrogen and oxygen atoms in total. The summed E-state index contributed by atoms with van der Waals surface area (Å²) >= 11 is 0. The van der Waals surface area contributed by atoms with Gasteiger partial charge in [-0.15, -0.1) is 0 Å². The summed E-state index contributed by atoms with van der Waals surface area (Å²) in [6, 6.07) is 1.85. The smallest absolute Gasteiger partial charge is 0.226 e. The van der Waals surface area contributed by atoms with Crippen LogP contribution in [-0.2, 0) is 0 Å². The lowest BCUT2D eigenvalue weighted by molar-refractivity contribution is 0.127. The first kappa shape index (κ1) is 14.7. The number of hydrogen-bond donors (Lipinski definition) is 2. The molecule has 0 spiro atoms. The second-order valence-electron chi connectivity index (χ2n) is 4.86. The molecule has 18 heavy (non-hydrogen) atoms. The topological polar surface area (TPSA) is 61.3 Å². The molecular formula is C13H24N4O. The third-order valence-electron chi connectivity index (χ3n) is 3.52. The van der Waals surface area contributed by atoms with Crippen molar-refractivity contribution in [2.24, 2.45) is 5.41 Å². The van der Waals surface area contributed by atoms with Gasteiger partial charge in [-0.25, -0.2) is 4.98 Å². The predicted octanol–water partition coefficient (Wildman–Crippen LogP) is 1.75. The van der Waals surface area contributed by atoms with Gasteiger partial charge in [0.25, 0.3) is 0 Å². The fraction of sp³-hybridized carbons (Fsp3) is 0.692. The molecule has 0 fully saturated rings. The van der Waals surface area contributed by atoms with Crippen molar-refractivity contribution < 1.29 is 5.11 Å². The van der Waals surface area contributed by atoms with E-state index in [9.17, 15) is 5.11 Å². The highest BCUT2D eigenvalue weighted by atomic mass is 16.3. The number of nitrogens with zero attached hydrogens (tertiary/aromatic N) is 3. The van der Waals surface area contributed by atoms with Crippen LogP contribution in [0.15, 0.2) is 12.3 Å². The Morgan fingerprint density at radius 3 is 2.50 bits per heavy atom. The number of hydrogen-bond acceptors (Lipinski definition) is 5. The second kappa shape index (κ2) is 6.54. The van der Waals surface area contributed by atoms with Gasteiger partial charge in [-0.1, -0.05) is 13.8 Å². The Balaban J connectivity index is 2.70. The molecule has 0 aliphatic heterocycles. The molecule has 5 heteroatoms. The highest BCUT2D eigenvalue weighted by Crippen LogP contribution is 2.25. The van der Waals surface area contributed by atoms with E-state index in [-0.39, 0.29) is 12.0 Å². The predicted molar refractivity (Wildman–Crippen MR) is 74.9 cm³/mol. The molecule has 0 amide bonds. The van der Waals surface area contributed by atoms with Gasteiger partial charge in [0.15, 0.2) is 0 Å². The van der Waals surface area contributed by atoms with Crippen LogP contribution in [0.3, 0.4) is 0 Å². The van der Waals surface area contributed by atoms with Gasteiger partial charge in [0.05, 0.1) is 6.61 Å². The van der Waals surface area contributed by atoms with Crippen LogP contribution in [0.25, 0.3) is 0 Å². The van der Waals surface area contributed by atoms with Gasteiger partial charge in [0, 0.05) is 32.3 Å². The van der Waals surface area contributed by atoms with Crippen molar-refractivity contribution in [3.63, 3.8) is 0 Å². The average molecular weight is 252 g/mol. The van der Waals surface area contributed by atoms with E-state index >= 15 is 0 Å². The van der Waals surface area contributed by atoms with Gasteiger partial charge >= 0.3 is 0 Å². The number of aromatic nitrogens is 2. The molecule has 0 aromatic carbocycles. The quantitative estimate of drug-likeness (QED) is 0.774. The van der Waals surface area contributed by atoms with Gasteiger partial charge in [-0.05, 0) is 18.9 Å². The molecule has 0 saturated heterocycles. The fourth-order valence-corrected chi connectivity index (χ4v) is 1.72. The SMILES string of the molecule is CCC(CC)(CO)CNc1ccnc(N(C)C)n1. The number of rotatable bonds is 7. The minimum atomic E-state index is -0.0662. The molecule has 0 aliphatic carbocycles. The number of aliphatic hydroxyl groups excluding tert-OH is 1. The van der Waals surface area contributed by atoms with E-state index in [1.807, 2.05) is 25.1 Å². The van der Waals surface area contributed by atoms with Gasteiger partial charge in [0.2, 0.25) is 5.95 Å². The molecule has 1 aromatic heterocycles. The molecule has 1 heterocycles. The number of aliphatic hydroxyl groups is 1. The molecule has 0 radical (unpaired) electrons. The largest absolute Gasteiger partial charge is 0.396 e. The first-order valence-corrected chi connectivity index (χ1v) is 6.42. The third kappa shape index (κ3) is 3.57. The molecule has 0 bridgehead atoms. The van der Waals surface area contributed by atoms with Gasteiger partial charge < -0.3 is 15.3 Å². The summed E-state index contributed by atoms with van der Waals surface area (Å²) < 4.78 is 0. The van der Waals surface area contributed by atoms with Crippen LogP contribution >= 0.6 is 0 Å². The van der Waals surface area contributed by atoms with Crippen molar-refractivity contribution in [3.8, 4) is 0 Å². The lowest BCUT2D eigenvalue weighted by Gasteiger charge is -2.29. The Kier molecular flexibility index (Phi) is 5.34. The maximum atomic E-state index is 9.52. The molecule has 1 aromatic rings. The summed E-state index contributed by atoms with van der Waals surface area (Å²) in [5.41, 5.74) is -0.0662. The van der Waals surface area contributed by atoms with E-state index in [0.29, 0.717) is 5.95 Å². The van der Waals surface area contributed by atoms with Crippen LogP contribution in [-0.4, -0.2) is 42.3 Å². The zero-order chi connectivity index (χ0) is 13.6. The van der Waals surface area contributed by atoms with E-state index in [2.05, 4.69) is 29.1 Å². The van der Waals surface area contributed by atoms with Crippen molar-refractivity contribution in [3.05, 3.63) is 12.3 Å². The van der Waals surface area contributed by atoms with Crippen LogP contribution < -0.4 is 10.2 Å². The van der Waals surface area contributed by atoms with E-state index in [0.717, 1.165) is 25.2 Å². The first-order chi connectivity index (χ1) is 8.56. The molecule has 0 atom stereocenters. The minimum absolute atomic E-state index is 0.0662. The maximum absolute atomic E-state index is 9.52. The lowest BCUT2D eigenvalue weighted by Crippen LogP contribution is -2.32. The van der Waals surface area contributed by atoms with Crippen LogP contribution in [0.4, 0.5) is 11.8 Å². The molecule has 0 saturated carbocycles. The Morgan fingerprint density at radius 1 is 1.33 bits per heavy atom. The minimum Gasteiger partial charge on any atom is -0.396 e. The summed E-state index contributed by atoms with van der Waals surface area (Å²) in [5, 5.41) is 12.8. The average Bonchev–Trinajstić information content (AvgIpc) is 2.41. The van der Waals surface area contributed by atoms with E-state index in [4.69, 9.17) is 0 Å². The van der Waals surface area contributed by atoms with Crippen molar-refractivity contribution in [2.45, 2.75) is 26.7 Å². The van der Waals surface area contributed by atoms with E-state index in [1.165, 1.54) is 0 Å². The van der Waals surface area contributed by atoms with Crippen molar-refractivity contribution in [1.29, 1.82) is 0 Å². The van der Waals surface area contributed by atoms with E-state index < -0.39 is 0 Å². The van der Waals surface area contributed by atoms with Gasteiger partial charge in [0.1, 0.15) is 5.82 Å². The summed E-state index contributed by atoms with van der Waals surface area (Å²) in [6.45, 7) is 5.12. The van der Waals surface area contributed by atoms with Crippen molar-refractivity contribution >= 4 is 11.8 Å². The second-order valence-corrected chi connectivity index (χ2v) is 4.86. The molecule has 0 aliphatic rings. The van der Waals surface area contributed by atoms with Crippen molar-refractivity contribution in [1.82, 2.24) is 9.97 Å². The highest BCUT2D eigenvalue weighted by Gasteiger charge is 2.25. The fourth-order valence-electron chi connectivity index (χ4n) is 1.72. The molecule has 102 valence electrons. The Labute approximate surface area is 109 Å². The van der Waals surface area contributed by atoms with Gasteiger partial charge in [-0.3, -0.25) is 0 Å². The van der Waals surface area contributed by atoms with Crippen LogP contribution in [0.1, 0.15) is 26.7 Å². The summed E-state index contributed by atoms with van der Waals surface area (Å²) in [5.74, 6) is 1.48. The normalized spacial score (nSPS) is 11.4. The molecular weight excluding hydrogens is 228 g/mol.